The molecule has 0 N–H and O–H groups in total. The Balaban J connectivity index is 2.56. The van der Waals surface area contributed by atoms with E-state index in [0.29, 0.717) is 5.92 Å². The van der Waals surface area contributed by atoms with Crippen molar-refractivity contribution in [3.63, 3.8) is 0 Å². The van der Waals surface area contributed by atoms with Gasteiger partial charge in [-0.05, 0) is 18.8 Å². The van der Waals surface area contributed by atoms with E-state index in [-0.39, 0.29) is 5.38 Å². The Morgan fingerprint density at radius 1 is 1.67 bits per heavy atom. The van der Waals surface area contributed by atoms with Crippen molar-refractivity contribution in [1.82, 2.24) is 0 Å². The second-order valence-corrected chi connectivity index (χ2v) is 3.73. The molecule has 0 bridgehead atoms. The zero-order chi connectivity index (χ0) is 6.85. The molecule has 0 saturated carbocycles. The van der Waals surface area contributed by atoms with Crippen molar-refractivity contribution in [3.8, 4) is 0 Å². The molecule has 9 heavy (non-hydrogen) atoms. The van der Waals surface area contributed by atoms with Gasteiger partial charge in [0.1, 0.15) is 0 Å². The SMILES string of the molecule is CC1C=C(Cl)CC(Cl)C1. The Morgan fingerprint density at radius 2 is 2.33 bits per heavy atom. The van der Waals surface area contributed by atoms with Crippen LogP contribution in [0.5, 0.6) is 0 Å². The molecule has 0 aliphatic heterocycles. The summed E-state index contributed by atoms with van der Waals surface area (Å²) in [5, 5.41) is 1.19. The van der Waals surface area contributed by atoms with E-state index in [2.05, 4.69) is 13.0 Å². The first-order valence-corrected chi connectivity index (χ1v) is 4.00. The van der Waals surface area contributed by atoms with E-state index in [1.54, 1.807) is 0 Å². The lowest BCUT2D eigenvalue weighted by atomic mass is 9.97. The van der Waals surface area contributed by atoms with Gasteiger partial charge in [-0.25, -0.2) is 0 Å². The van der Waals surface area contributed by atoms with E-state index in [1.807, 2.05) is 0 Å². The maximum atomic E-state index is 5.88. The minimum atomic E-state index is 0.262. The first-order valence-electron chi connectivity index (χ1n) is 3.18. The van der Waals surface area contributed by atoms with Gasteiger partial charge in [0.05, 0.1) is 0 Å². The minimum Gasteiger partial charge on any atom is -0.123 e. The molecule has 0 fully saturated rings. The van der Waals surface area contributed by atoms with Crippen LogP contribution in [0.25, 0.3) is 0 Å². The Kier molecular flexibility index (Phi) is 2.42. The van der Waals surface area contributed by atoms with Crippen molar-refractivity contribution in [2.24, 2.45) is 5.92 Å². The Labute approximate surface area is 65.8 Å². The van der Waals surface area contributed by atoms with Crippen LogP contribution in [0.15, 0.2) is 11.1 Å². The van der Waals surface area contributed by atoms with Crippen LogP contribution in [0.3, 0.4) is 0 Å². The summed E-state index contributed by atoms with van der Waals surface area (Å²) in [4.78, 5) is 0. The zero-order valence-corrected chi connectivity index (χ0v) is 6.91. The van der Waals surface area contributed by atoms with Gasteiger partial charge in [0, 0.05) is 10.4 Å². The summed E-state index contributed by atoms with van der Waals surface area (Å²) < 4.78 is 0. The lowest BCUT2D eigenvalue weighted by molar-refractivity contribution is 0.586. The lowest BCUT2D eigenvalue weighted by Crippen LogP contribution is -2.09. The van der Waals surface area contributed by atoms with Crippen molar-refractivity contribution in [1.29, 1.82) is 0 Å². The van der Waals surface area contributed by atoms with Gasteiger partial charge in [0.15, 0.2) is 0 Å². The number of halogens is 2. The van der Waals surface area contributed by atoms with Gasteiger partial charge in [-0.3, -0.25) is 0 Å². The fraction of sp³-hybridized carbons (Fsp3) is 0.714. The van der Waals surface area contributed by atoms with Crippen LogP contribution in [0.4, 0.5) is 0 Å². The third-order valence-corrected chi connectivity index (χ3v) is 2.12. The van der Waals surface area contributed by atoms with Crippen LogP contribution in [-0.2, 0) is 0 Å². The maximum absolute atomic E-state index is 5.88. The summed E-state index contributed by atoms with van der Waals surface area (Å²) in [6.07, 6.45) is 4.01. The molecule has 0 nitrogen and oxygen atoms in total. The highest BCUT2D eigenvalue weighted by atomic mass is 35.5. The van der Waals surface area contributed by atoms with E-state index in [9.17, 15) is 0 Å². The molecule has 1 rings (SSSR count). The Hall–Kier alpha value is 0.320. The van der Waals surface area contributed by atoms with Crippen molar-refractivity contribution >= 4 is 23.2 Å². The number of allylic oxidation sites excluding steroid dienone is 2. The average Bonchev–Trinajstić information content (AvgIpc) is 1.59. The molecule has 0 saturated heterocycles. The van der Waals surface area contributed by atoms with Crippen molar-refractivity contribution in [2.45, 2.75) is 25.1 Å². The van der Waals surface area contributed by atoms with Crippen molar-refractivity contribution < 1.29 is 0 Å². The average molecular weight is 165 g/mol. The van der Waals surface area contributed by atoms with Gasteiger partial charge < -0.3 is 0 Å². The monoisotopic (exact) mass is 164 g/mol. The van der Waals surface area contributed by atoms with Gasteiger partial charge in [-0.15, -0.1) is 11.6 Å². The summed E-state index contributed by atoms with van der Waals surface area (Å²) in [6.45, 7) is 2.14. The van der Waals surface area contributed by atoms with E-state index in [1.165, 1.54) is 0 Å². The van der Waals surface area contributed by atoms with Crippen LogP contribution in [0, 0.1) is 5.92 Å². The predicted octanol–water partition coefficient (Wildman–Crippen LogP) is 3.15. The molecule has 0 heterocycles. The Morgan fingerprint density at radius 3 is 2.78 bits per heavy atom. The number of hydrogen-bond donors (Lipinski definition) is 0. The molecule has 0 spiro atoms. The molecule has 2 heteroatoms. The highest BCUT2D eigenvalue weighted by Gasteiger charge is 2.15. The molecule has 0 amide bonds. The molecule has 1 aliphatic rings. The topological polar surface area (TPSA) is 0 Å². The number of alkyl halides is 1. The molecule has 2 unspecified atom stereocenters. The quantitative estimate of drug-likeness (QED) is 0.483. The largest absolute Gasteiger partial charge is 0.123 e. The van der Waals surface area contributed by atoms with Gasteiger partial charge in [0.25, 0.3) is 0 Å². The first kappa shape index (κ1) is 7.43. The van der Waals surface area contributed by atoms with Crippen molar-refractivity contribution in [3.05, 3.63) is 11.1 Å². The summed E-state index contributed by atoms with van der Waals surface area (Å²) in [7, 11) is 0. The minimum absolute atomic E-state index is 0.262. The molecule has 0 aromatic rings. The van der Waals surface area contributed by atoms with Gasteiger partial charge in [0.2, 0.25) is 0 Å². The molecule has 0 aromatic heterocycles. The van der Waals surface area contributed by atoms with Crippen LogP contribution < -0.4 is 0 Å². The van der Waals surface area contributed by atoms with E-state index in [0.717, 1.165) is 17.9 Å². The molecule has 52 valence electrons. The highest BCUT2D eigenvalue weighted by molar-refractivity contribution is 6.30. The standard InChI is InChI=1S/C7H10Cl2/c1-5-2-6(8)4-7(9)3-5/h2,5,7H,3-4H2,1H3. The van der Waals surface area contributed by atoms with Crippen LogP contribution >= 0.6 is 23.2 Å². The van der Waals surface area contributed by atoms with Crippen LogP contribution in [0.2, 0.25) is 0 Å². The molecule has 0 aromatic carbocycles. The van der Waals surface area contributed by atoms with Gasteiger partial charge >= 0.3 is 0 Å². The summed E-state index contributed by atoms with van der Waals surface area (Å²) in [5.41, 5.74) is 0. The van der Waals surface area contributed by atoms with Crippen molar-refractivity contribution in [2.75, 3.05) is 0 Å². The normalized spacial score (nSPS) is 36.1. The Bertz CT molecular complexity index is 129. The molecule has 1 aliphatic carbocycles. The fourth-order valence-electron chi connectivity index (χ4n) is 1.14. The van der Waals surface area contributed by atoms with E-state index < -0.39 is 0 Å². The zero-order valence-electron chi connectivity index (χ0n) is 5.40. The van der Waals surface area contributed by atoms with Crippen LogP contribution in [0.1, 0.15) is 19.8 Å². The smallest absolute Gasteiger partial charge is 0.0390 e. The predicted molar refractivity (Wildman–Crippen MR) is 42.0 cm³/mol. The lowest BCUT2D eigenvalue weighted by Gasteiger charge is -2.18. The highest BCUT2D eigenvalue weighted by Crippen LogP contribution is 2.28. The summed E-state index contributed by atoms with van der Waals surface area (Å²) >= 11 is 11.7. The van der Waals surface area contributed by atoms with E-state index >= 15 is 0 Å². The second-order valence-electron chi connectivity index (χ2n) is 2.63. The number of rotatable bonds is 0. The number of hydrogen-bond acceptors (Lipinski definition) is 0. The molecule has 0 radical (unpaired) electrons. The van der Waals surface area contributed by atoms with Crippen LogP contribution in [-0.4, -0.2) is 5.38 Å². The molecular weight excluding hydrogens is 155 g/mol. The summed E-state index contributed by atoms with van der Waals surface area (Å²) in [6, 6.07) is 0. The second kappa shape index (κ2) is 2.94. The van der Waals surface area contributed by atoms with Gasteiger partial charge in [-0.1, -0.05) is 24.6 Å². The molecular formula is C7H10Cl2. The third kappa shape index (κ3) is 2.19. The van der Waals surface area contributed by atoms with E-state index in [4.69, 9.17) is 23.2 Å². The fourth-order valence-corrected chi connectivity index (χ4v) is 2.07. The third-order valence-electron chi connectivity index (χ3n) is 1.51. The summed E-state index contributed by atoms with van der Waals surface area (Å²) in [5.74, 6) is 0.564. The first-order chi connectivity index (χ1) is 4.18. The maximum Gasteiger partial charge on any atom is 0.0390 e. The van der Waals surface area contributed by atoms with Gasteiger partial charge in [-0.2, -0.15) is 0 Å². The molecule has 2 atom stereocenters.